The van der Waals surface area contributed by atoms with E-state index >= 15 is 0 Å². The molecule has 0 radical (unpaired) electrons. The second kappa shape index (κ2) is 15.6. The highest BCUT2D eigenvalue weighted by Gasteiger charge is 2.85. The zero-order valence-electron chi connectivity index (χ0n) is 28.7. The Morgan fingerprint density at radius 1 is 0.667 bits per heavy atom. The van der Waals surface area contributed by atoms with E-state index in [0.29, 0.717) is 44.0 Å². The van der Waals surface area contributed by atoms with Gasteiger partial charge in [-0.2, -0.15) is 39.5 Å². The van der Waals surface area contributed by atoms with Crippen LogP contribution in [0.25, 0.3) is 0 Å². The molecule has 3 aliphatic rings. The molecule has 0 spiro atoms. The van der Waals surface area contributed by atoms with Crippen LogP contribution in [0.5, 0.6) is 17.2 Å². The number of ether oxygens (including phenoxy) is 5. The maximum Gasteiger partial charge on any atom is 0.435 e. The van der Waals surface area contributed by atoms with Crippen molar-refractivity contribution in [3.63, 3.8) is 0 Å². The fourth-order valence-corrected chi connectivity index (χ4v) is 8.40. The van der Waals surface area contributed by atoms with E-state index in [1.807, 2.05) is 30.3 Å². The molecule has 5 nitrogen and oxygen atoms in total. The van der Waals surface area contributed by atoms with E-state index in [-0.39, 0.29) is 18.1 Å². The Morgan fingerprint density at radius 3 is 1.86 bits per heavy atom. The Bertz CT molecular complexity index is 1390. The summed E-state index contributed by atoms with van der Waals surface area (Å²) in [5.74, 6) is 3.32. The van der Waals surface area contributed by atoms with E-state index in [4.69, 9.17) is 18.9 Å². The second-order valence-corrected chi connectivity index (χ2v) is 14.0. The minimum absolute atomic E-state index is 0.265. The van der Waals surface area contributed by atoms with E-state index in [9.17, 15) is 39.5 Å². The molecule has 3 aliphatic carbocycles. The maximum absolute atomic E-state index is 13.2. The lowest BCUT2D eigenvalue weighted by Crippen LogP contribution is -2.67. The summed E-state index contributed by atoms with van der Waals surface area (Å²) in [4.78, 5) is 0. The number of rotatable bonds is 15. The SMILES string of the molecule is CCCCOc1ccc(OCCOc2ccc3c(c2)CC[C@@H]2[C@@H]3CC[C@]3(C)[C@@H](OCCCOC(C(F)(F)F)(C(F)(F)F)C(F)(F)F)CC[C@@H]23)cc1. The van der Waals surface area contributed by atoms with Gasteiger partial charge in [-0.1, -0.05) is 26.3 Å². The average Bonchev–Trinajstić information content (AvgIpc) is 3.39. The summed E-state index contributed by atoms with van der Waals surface area (Å²) in [5, 5.41) is 0. The van der Waals surface area contributed by atoms with Crippen LogP contribution in [0.1, 0.15) is 82.3 Å². The third-order valence-corrected chi connectivity index (χ3v) is 10.9. The lowest BCUT2D eigenvalue weighted by molar-refractivity contribution is -0.457. The molecule has 51 heavy (non-hydrogen) atoms. The molecule has 0 unspecified atom stereocenters. The number of halogens is 9. The molecule has 2 aromatic carbocycles. The van der Waals surface area contributed by atoms with Gasteiger partial charge in [0, 0.05) is 6.61 Å². The first-order chi connectivity index (χ1) is 24.0. The molecule has 0 amide bonds. The molecule has 0 aliphatic heterocycles. The van der Waals surface area contributed by atoms with Gasteiger partial charge in [0.1, 0.15) is 30.5 Å². The van der Waals surface area contributed by atoms with Gasteiger partial charge in [0.25, 0.3) is 0 Å². The van der Waals surface area contributed by atoms with Crippen LogP contribution in [0, 0.1) is 17.3 Å². The zero-order chi connectivity index (χ0) is 37.1. The summed E-state index contributed by atoms with van der Waals surface area (Å²) in [6.07, 6.45) is -14.0. The first-order valence-electron chi connectivity index (χ1n) is 17.6. The van der Waals surface area contributed by atoms with E-state index < -0.39 is 37.2 Å². The van der Waals surface area contributed by atoms with Crippen molar-refractivity contribution in [1.29, 1.82) is 0 Å². The van der Waals surface area contributed by atoms with Crippen LogP contribution in [0.4, 0.5) is 39.5 Å². The van der Waals surface area contributed by atoms with Crippen molar-refractivity contribution in [3.05, 3.63) is 53.6 Å². The van der Waals surface area contributed by atoms with E-state index in [1.165, 1.54) is 11.1 Å². The number of fused-ring (bicyclic) bond motifs is 5. The molecule has 0 aromatic heterocycles. The van der Waals surface area contributed by atoms with Gasteiger partial charge in [-0.15, -0.1) is 0 Å². The average molecular weight is 741 g/mol. The predicted octanol–water partition coefficient (Wildman–Crippen LogP) is 10.4. The molecule has 0 N–H and O–H groups in total. The highest BCUT2D eigenvalue weighted by molar-refractivity contribution is 5.41. The standard InChI is InChI=1S/C37H45F9O5/c1-3-4-18-47-25-7-9-26(10-8-25)48-21-22-49-27-11-13-28-24(23-27)6-12-30-29(28)16-17-33(2)31(30)14-15-32(33)50-19-5-20-51-34(35(38,39)40,36(41,42)43)37(44,45)46/h7-11,13,23,29-32H,3-6,12,14-22H2,1-2H3/t29-,30-,31+,32+,33+/m1/s1. The molecule has 286 valence electrons. The number of hydrogen-bond donors (Lipinski definition) is 0. The highest BCUT2D eigenvalue weighted by Crippen LogP contribution is 2.62. The van der Waals surface area contributed by atoms with Crippen molar-refractivity contribution < 1.29 is 63.2 Å². The van der Waals surface area contributed by atoms with Crippen LogP contribution in [-0.4, -0.2) is 63.3 Å². The third-order valence-electron chi connectivity index (χ3n) is 10.9. The van der Waals surface area contributed by atoms with Crippen LogP contribution >= 0.6 is 0 Å². The molecular formula is C37H45F9O5. The lowest BCUT2D eigenvalue weighted by Gasteiger charge is -2.50. The number of unbranched alkanes of at least 4 members (excludes halogenated alkanes) is 1. The van der Waals surface area contributed by atoms with Gasteiger partial charge >= 0.3 is 24.1 Å². The monoisotopic (exact) mass is 740 g/mol. The van der Waals surface area contributed by atoms with E-state index in [0.717, 1.165) is 62.2 Å². The molecule has 0 heterocycles. The van der Waals surface area contributed by atoms with Gasteiger partial charge in [0.15, 0.2) is 0 Å². The maximum atomic E-state index is 13.2. The first-order valence-corrected chi connectivity index (χ1v) is 17.6. The molecule has 0 saturated heterocycles. The van der Waals surface area contributed by atoms with Crippen molar-refractivity contribution in [2.75, 3.05) is 33.0 Å². The number of hydrogen-bond acceptors (Lipinski definition) is 5. The summed E-state index contributed by atoms with van der Waals surface area (Å²) in [5.41, 5.74) is -3.98. The van der Waals surface area contributed by atoms with Crippen molar-refractivity contribution in [2.45, 2.75) is 108 Å². The number of aryl methyl sites for hydroxylation is 1. The molecule has 2 saturated carbocycles. The van der Waals surface area contributed by atoms with Gasteiger partial charge in [0.2, 0.25) is 0 Å². The summed E-state index contributed by atoms with van der Waals surface area (Å²) in [6, 6.07) is 13.7. The van der Waals surface area contributed by atoms with Gasteiger partial charge in [-0.05, 0) is 122 Å². The Morgan fingerprint density at radius 2 is 1.25 bits per heavy atom. The van der Waals surface area contributed by atoms with Crippen molar-refractivity contribution in [3.8, 4) is 17.2 Å². The molecule has 2 aromatic rings. The quantitative estimate of drug-likeness (QED) is 0.134. The Labute approximate surface area is 292 Å². The molecule has 5 rings (SSSR count). The molecule has 2 fully saturated rings. The van der Waals surface area contributed by atoms with Crippen molar-refractivity contribution in [1.82, 2.24) is 0 Å². The van der Waals surface area contributed by atoms with Gasteiger partial charge in [0.05, 0.1) is 19.3 Å². The van der Waals surface area contributed by atoms with Crippen LogP contribution in [0.3, 0.4) is 0 Å². The van der Waals surface area contributed by atoms with E-state index in [1.54, 1.807) is 0 Å². The van der Waals surface area contributed by atoms with Crippen molar-refractivity contribution in [2.24, 2.45) is 17.3 Å². The lowest BCUT2D eigenvalue weighted by atomic mass is 9.55. The van der Waals surface area contributed by atoms with E-state index in [2.05, 4.69) is 30.7 Å². The zero-order valence-corrected chi connectivity index (χ0v) is 28.7. The minimum Gasteiger partial charge on any atom is -0.494 e. The van der Waals surface area contributed by atoms with Gasteiger partial charge < -0.3 is 23.7 Å². The first kappa shape index (κ1) is 39.3. The number of alkyl halides is 9. The summed E-state index contributed by atoms with van der Waals surface area (Å²) < 4.78 is 145. The van der Waals surface area contributed by atoms with Gasteiger partial charge in [-0.25, -0.2) is 0 Å². The minimum atomic E-state index is -6.74. The van der Waals surface area contributed by atoms with Gasteiger partial charge in [-0.3, -0.25) is 0 Å². The van der Waals surface area contributed by atoms with Crippen LogP contribution in [0.15, 0.2) is 42.5 Å². The van der Waals surface area contributed by atoms with Crippen molar-refractivity contribution >= 4 is 0 Å². The van der Waals surface area contributed by atoms with Crippen LogP contribution in [0.2, 0.25) is 0 Å². The summed E-state index contributed by atoms with van der Waals surface area (Å²) >= 11 is 0. The summed E-state index contributed by atoms with van der Waals surface area (Å²) in [6.45, 7) is 3.92. The normalized spacial score (nSPS) is 25.2. The topological polar surface area (TPSA) is 46.2 Å². The number of benzene rings is 2. The van der Waals surface area contributed by atoms with Crippen LogP contribution < -0.4 is 14.2 Å². The molecule has 0 bridgehead atoms. The fourth-order valence-electron chi connectivity index (χ4n) is 8.40. The fraction of sp³-hybridized carbons (Fsp3) is 0.676. The molecular weight excluding hydrogens is 695 g/mol. The smallest absolute Gasteiger partial charge is 0.435 e. The molecule has 14 heteroatoms. The van der Waals surface area contributed by atoms with Crippen LogP contribution in [-0.2, 0) is 15.9 Å². The second-order valence-electron chi connectivity index (χ2n) is 14.0. The molecule has 5 atom stereocenters. The largest absolute Gasteiger partial charge is 0.494 e. The Balaban J connectivity index is 1.10. The Kier molecular flexibility index (Phi) is 12.0. The highest BCUT2D eigenvalue weighted by atomic mass is 19.4. The predicted molar refractivity (Wildman–Crippen MR) is 170 cm³/mol. The summed E-state index contributed by atoms with van der Waals surface area (Å²) in [7, 11) is 0. The Hall–Kier alpha value is -2.87. The third kappa shape index (κ3) is 8.21.